The molecule has 0 saturated carbocycles. The number of anilines is 1. The van der Waals surface area contributed by atoms with E-state index in [0.29, 0.717) is 11.4 Å². The van der Waals surface area contributed by atoms with Gasteiger partial charge in [0, 0.05) is 12.2 Å². The van der Waals surface area contributed by atoms with E-state index in [1.54, 1.807) is 6.07 Å². The Balaban J connectivity index is 2.23. The average Bonchev–Trinajstić information content (AvgIpc) is 2.83. The van der Waals surface area contributed by atoms with Gasteiger partial charge < -0.3 is 16.2 Å². The minimum atomic E-state index is -0.862. The second kappa shape index (κ2) is 6.11. The zero-order chi connectivity index (χ0) is 15.6. The number of nitrogens with two attached hydrogens (primary N) is 1. The van der Waals surface area contributed by atoms with Crippen LogP contribution in [-0.4, -0.2) is 28.5 Å². The Morgan fingerprint density at radius 1 is 1.43 bits per heavy atom. The molecule has 1 atom stereocenters. The molecule has 1 aromatic rings. The molecule has 0 radical (unpaired) electrons. The Labute approximate surface area is 123 Å². The summed E-state index contributed by atoms with van der Waals surface area (Å²) < 4.78 is 0. The van der Waals surface area contributed by atoms with E-state index in [2.05, 4.69) is 10.3 Å². The van der Waals surface area contributed by atoms with Gasteiger partial charge in [-0.1, -0.05) is 13.8 Å². The first-order chi connectivity index (χ1) is 9.90. The van der Waals surface area contributed by atoms with Crippen molar-refractivity contribution in [2.45, 2.75) is 33.1 Å². The van der Waals surface area contributed by atoms with E-state index in [1.165, 1.54) is 0 Å². The van der Waals surface area contributed by atoms with Crippen LogP contribution in [0.2, 0.25) is 0 Å². The van der Waals surface area contributed by atoms with E-state index < -0.39 is 17.8 Å². The number of carbonyl (C=O) groups is 2. The van der Waals surface area contributed by atoms with Crippen molar-refractivity contribution in [2.24, 2.45) is 17.6 Å². The summed E-state index contributed by atoms with van der Waals surface area (Å²) in [7, 11) is 0. The molecule has 4 N–H and O–H groups in total. The molecule has 0 fully saturated rings. The zero-order valence-corrected chi connectivity index (χ0v) is 12.3. The van der Waals surface area contributed by atoms with E-state index in [-0.39, 0.29) is 12.5 Å². The second-order valence-corrected chi connectivity index (χ2v) is 5.78. The number of amides is 1. The fourth-order valence-electron chi connectivity index (χ4n) is 2.61. The van der Waals surface area contributed by atoms with E-state index in [4.69, 9.17) is 5.73 Å². The molecule has 0 saturated heterocycles. The van der Waals surface area contributed by atoms with Crippen molar-refractivity contribution >= 4 is 17.7 Å². The van der Waals surface area contributed by atoms with E-state index in [0.717, 1.165) is 30.5 Å². The van der Waals surface area contributed by atoms with Crippen LogP contribution in [-0.2, 0) is 17.6 Å². The van der Waals surface area contributed by atoms with Crippen molar-refractivity contribution in [3.63, 3.8) is 0 Å². The van der Waals surface area contributed by atoms with Gasteiger partial charge in [-0.2, -0.15) is 0 Å². The molecule has 1 unspecified atom stereocenters. The molecule has 0 aromatic carbocycles. The number of aromatic nitrogens is 1. The van der Waals surface area contributed by atoms with Crippen molar-refractivity contribution in [3.8, 4) is 0 Å². The predicted octanol–water partition coefficient (Wildman–Crippen LogP) is 1.44. The van der Waals surface area contributed by atoms with Gasteiger partial charge in [0.2, 0.25) is 0 Å². The first-order valence-electron chi connectivity index (χ1n) is 7.19. The third-order valence-corrected chi connectivity index (χ3v) is 3.93. The Morgan fingerprint density at radius 3 is 2.71 bits per heavy atom. The molecule has 0 aliphatic heterocycles. The van der Waals surface area contributed by atoms with Crippen molar-refractivity contribution in [1.82, 2.24) is 4.98 Å². The number of rotatable bonds is 6. The summed E-state index contributed by atoms with van der Waals surface area (Å²) in [5, 5.41) is 12.2. The number of aliphatic carboxylic acids is 1. The van der Waals surface area contributed by atoms with E-state index >= 15 is 0 Å². The summed E-state index contributed by atoms with van der Waals surface area (Å²) in [6.07, 6.45) is 2.82. The molecular weight excluding hydrogens is 270 g/mol. The lowest BCUT2D eigenvalue weighted by molar-refractivity contribution is -0.142. The molecule has 1 aliphatic carbocycles. The van der Waals surface area contributed by atoms with Crippen LogP contribution in [0.1, 0.15) is 41.9 Å². The smallest absolute Gasteiger partial charge is 0.308 e. The highest BCUT2D eigenvalue weighted by Gasteiger charge is 2.23. The Bertz CT molecular complexity index is 570. The third-order valence-electron chi connectivity index (χ3n) is 3.93. The van der Waals surface area contributed by atoms with E-state index in [1.807, 2.05) is 13.8 Å². The molecule has 6 heteroatoms. The van der Waals surface area contributed by atoms with Gasteiger partial charge in [-0.25, -0.2) is 4.98 Å². The van der Waals surface area contributed by atoms with Gasteiger partial charge in [-0.15, -0.1) is 0 Å². The number of hydrogen-bond donors (Lipinski definition) is 3. The first-order valence-corrected chi connectivity index (χ1v) is 7.19. The molecule has 114 valence electrons. The van der Waals surface area contributed by atoms with Gasteiger partial charge in [-0.05, 0) is 36.8 Å². The van der Waals surface area contributed by atoms with Gasteiger partial charge in [-0.3, -0.25) is 9.59 Å². The van der Waals surface area contributed by atoms with Gasteiger partial charge in [0.05, 0.1) is 11.5 Å². The number of primary amides is 1. The van der Waals surface area contributed by atoms with Crippen LogP contribution < -0.4 is 11.1 Å². The minimum absolute atomic E-state index is 0.0125. The van der Waals surface area contributed by atoms with Crippen LogP contribution in [0.3, 0.4) is 0 Å². The SMILES string of the molecule is CC(C)C(CNc1nc2c(cc1C(N)=O)CCC2)C(=O)O. The summed E-state index contributed by atoms with van der Waals surface area (Å²) in [6, 6.07) is 1.78. The standard InChI is InChI=1S/C15H21N3O3/c1-8(2)11(15(20)21)7-17-14-10(13(16)19)6-9-4-3-5-12(9)18-14/h6,8,11H,3-5,7H2,1-2H3,(H2,16,19)(H,17,18)(H,20,21). The van der Waals surface area contributed by atoms with Crippen LogP contribution in [0.15, 0.2) is 6.07 Å². The fraction of sp³-hybridized carbons (Fsp3) is 0.533. The lowest BCUT2D eigenvalue weighted by Gasteiger charge is -2.18. The Morgan fingerprint density at radius 2 is 2.14 bits per heavy atom. The van der Waals surface area contributed by atoms with Gasteiger partial charge in [0.1, 0.15) is 5.82 Å². The average molecular weight is 291 g/mol. The summed E-state index contributed by atoms with van der Waals surface area (Å²) >= 11 is 0. The lowest BCUT2D eigenvalue weighted by Crippen LogP contribution is -2.28. The second-order valence-electron chi connectivity index (χ2n) is 5.78. The van der Waals surface area contributed by atoms with Crippen LogP contribution in [0.4, 0.5) is 5.82 Å². The number of nitrogens with zero attached hydrogens (tertiary/aromatic N) is 1. The highest BCUT2D eigenvalue weighted by molar-refractivity contribution is 5.97. The van der Waals surface area contributed by atoms with Crippen molar-refractivity contribution in [3.05, 3.63) is 22.9 Å². The van der Waals surface area contributed by atoms with Gasteiger partial charge >= 0.3 is 5.97 Å². The molecule has 1 heterocycles. The quantitative estimate of drug-likeness (QED) is 0.735. The monoisotopic (exact) mass is 291 g/mol. The number of carboxylic acid groups (broad SMARTS) is 1. The number of hydrogen-bond acceptors (Lipinski definition) is 4. The molecular formula is C15H21N3O3. The fourth-order valence-corrected chi connectivity index (χ4v) is 2.61. The van der Waals surface area contributed by atoms with Crippen molar-refractivity contribution < 1.29 is 14.7 Å². The largest absolute Gasteiger partial charge is 0.481 e. The maximum absolute atomic E-state index is 11.6. The van der Waals surface area contributed by atoms with Crippen LogP contribution in [0, 0.1) is 11.8 Å². The molecule has 6 nitrogen and oxygen atoms in total. The predicted molar refractivity (Wildman–Crippen MR) is 79.2 cm³/mol. The molecule has 1 aromatic heterocycles. The van der Waals surface area contributed by atoms with Crippen molar-refractivity contribution in [1.29, 1.82) is 0 Å². The van der Waals surface area contributed by atoms with Crippen LogP contribution >= 0.6 is 0 Å². The third kappa shape index (κ3) is 3.32. The summed E-state index contributed by atoms with van der Waals surface area (Å²) in [5.74, 6) is -1.56. The zero-order valence-electron chi connectivity index (χ0n) is 12.3. The number of carbonyl (C=O) groups excluding carboxylic acids is 1. The minimum Gasteiger partial charge on any atom is -0.481 e. The lowest BCUT2D eigenvalue weighted by atomic mass is 9.96. The molecule has 0 spiro atoms. The van der Waals surface area contributed by atoms with Crippen molar-refractivity contribution in [2.75, 3.05) is 11.9 Å². The molecule has 1 aliphatic rings. The maximum Gasteiger partial charge on any atom is 0.308 e. The first kappa shape index (κ1) is 15.3. The number of nitrogens with one attached hydrogen (secondary N) is 1. The number of aryl methyl sites for hydroxylation is 2. The number of pyridine rings is 1. The number of fused-ring (bicyclic) bond motifs is 1. The van der Waals surface area contributed by atoms with E-state index in [9.17, 15) is 14.7 Å². The topological polar surface area (TPSA) is 105 Å². The molecule has 21 heavy (non-hydrogen) atoms. The van der Waals surface area contributed by atoms with Gasteiger partial charge in [0.15, 0.2) is 0 Å². The maximum atomic E-state index is 11.6. The summed E-state index contributed by atoms with van der Waals surface area (Å²) in [5.41, 5.74) is 7.77. The molecule has 0 bridgehead atoms. The highest BCUT2D eigenvalue weighted by atomic mass is 16.4. The number of carboxylic acids is 1. The van der Waals surface area contributed by atoms with Crippen LogP contribution in [0.25, 0.3) is 0 Å². The summed E-state index contributed by atoms with van der Waals surface area (Å²) in [6.45, 7) is 3.93. The van der Waals surface area contributed by atoms with Crippen LogP contribution in [0.5, 0.6) is 0 Å². The molecule has 2 rings (SSSR count). The van der Waals surface area contributed by atoms with Gasteiger partial charge in [0.25, 0.3) is 5.91 Å². The Hall–Kier alpha value is -2.11. The normalized spacial score (nSPS) is 14.8. The summed E-state index contributed by atoms with van der Waals surface area (Å²) in [4.78, 5) is 27.2. The molecule has 1 amide bonds. The Kier molecular flexibility index (Phi) is 4.45. The highest BCUT2D eigenvalue weighted by Crippen LogP contribution is 2.25.